The van der Waals surface area contributed by atoms with Crippen LogP contribution in [0.4, 0.5) is 0 Å². The summed E-state index contributed by atoms with van der Waals surface area (Å²) in [4.78, 5) is 23.8. The normalized spacial score (nSPS) is 18.5. The Balaban J connectivity index is 1.43. The predicted octanol–water partition coefficient (Wildman–Crippen LogP) is 4.05. The van der Waals surface area contributed by atoms with E-state index in [9.17, 15) is 9.59 Å². The lowest BCUT2D eigenvalue weighted by molar-refractivity contribution is -0.122. The van der Waals surface area contributed by atoms with Crippen molar-refractivity contribution < 1.29 is 9.59 Å². The lowest BCUT2D eigenvalue weighted by Gasteiger charge is -2.23. The molecule has 0 radical (unpaired) electrons. The molecule has 1 atom stereocenters. The molecule has 30 heavy (non-hydrogen) atoms. The van der Waals surface area contributed by atoms with E-state index in [0.29, 0.717) is 25.8 Å². The topological polar surface area (TPSA) is 63.1 Å². The third kappa shape index (κ3) is 4.11. The lowest BCUT2D eigenvalue weighted by atomic mass is 9.94. The molecule has 0 bridgehead atoms. The predicted molar refractivity (Wildman–Crippen MR) is 120 cm³/mol. The number of hydrogen-bond acceptors (Lipinski definition) is 2. The largest absolute Gasteiger partial charge is 0.356 e. The summed E-state index contributed by atoms with van der Waals surface area (Å²) in [7, 11) is 0. The number of hydrogen-bond donors (Lipinski definition) is 2. The molecule has 0 aliphatic carbocycles. The van der Waals surface area contributed by atoms with Gasteiger partial charge in [0.05, 0.1) is 5.52 Å². The first-order valence-electron chi connectivity index (χ1n) is 10.7. The Morgan fingerprint density at radius 1 is 1.13 bits per heavy atom. The number of carbonyl (C=O) groups excluding carboxylic acids is 2. The van der Waals surface area contributed by atoms with Crippen LogP contribution in [0.2, 0.25) is 0 Å². The second-order valence-electron chi connectivity index (χ2n) is 8.46. The average molecular weight is 404 g/mol. The first-order chi connectivity index (χ1) is 14.5. The molecule has 2 N–H and O–H groups in total. The molecule has 1 saturated heterocycles. The van der Waals surface area contributed by atoms with Crippen molar-refractivity contribution in [2.75, 3.05) is 6.54 Å². The summed E-state index contributed by atoms with van der Waals surface area (Å²) >= 11 is 0. The maximum Gasteiger partial charge on any atom is 0.220 e. The molecule has 1 aliphatic rings. The highest BCUT2D eigenvalue weighted by molar-refractivity contribution is 5.87. The van der Waals surface area contributed by atoms with Gasteiger partial charge in [-0.1, -0.05) is 36.4 Å². The minimum atomic E-state index is -0.242. The fraction of sp³-hybridized carbons (Fsp3) is 0.360. The highest BCUT2D eigenvalue weighted by atomic mass is 16.2. The zero-order valence-electron chi connectivity index (χ0n) is 17.7. The average Bonchev–Trinajstić information content (AvgIpc) is 3.24. The first-order valence-corrected chi connectivity index (χ1v) is 10.7. The van der Waals surface area contributed by atoms with E-state index in [0.717, 1.165) is 18.5 Å². The maximum absolute atomic E-state index is 12.4. The van der Waals surface area contributed by atoms with Gasteiger partial charge in [-0.3, -0.25) is 9.59 Å². The summed E-state index contributed by atoms with van der Waals surface area (Å²) in [5.41, 5.74) is 4.57. The highest BCUT2D eigenvalue weighted by Crippen LogP contribution is 2.29. The summed E-state index contributed by atoms with van der Waals surface area (Å²) in [5.74, 6) is 0.130. The third-order valence-electron chi connectivity index (χ3n) is 6.20. The van der Waals surface area contributed by atoms with Gasteiger partial charge in [-0.25, -0.2) is 0 Å². The summed E-state index contributed by atoms with van der Waals surface area (Å²) in [6.45, 7) is 4.77. The van der Waals surface area contributed by atoms with E-state index in [4.69, 9.17) is 0 Å². The van der Waals surface area contributed by atoms with Crippen molar-refractivity contribution in [3.8, 4) is 5.69 Å². The van der Waals surface area contributed by atoms with Crippen LogP contribution in [0.25, 0.3) is 16.6 Å². The van der Waals surface area contributed by atoms with Crippen LogP contribution >= 0.6 is 0 Å². The zero-order chi connectivity index (χ0) is 21.1. The Bertz CT molecular complexity index is 1070. The summed E-state index contributed by atoms with van der Waals surface area (Å²) in [5, 5.41) is 7.29. The van der Waals surface area contributed by atoms with Crippen LogP contribution < -0.4 is 10.6 Å². The third-order valence-corrected chi connectivity index (χ3v) is 6.20. The Morgan fingerprint density at radius 2 is 1.87 bits per heavy atom. The van der Waals surface area contributed by atoms with Gasteiger partial charge < -0.3 is 15.2 Å². The van der Waals surface area contributed by atoms with Crippen molar-refractivity contribution in [1.82, 2.24) is 15.2 Å². The van der Waals surface area contributed by atoms with Crippen molar-refractivity contribution in [3.63, 3.8) is 0 Å². The molecule has 1 fully saturated rings. The van der Waals surface area contributed by atoms with Gasteiger partial charge in [0.1, 0.15) is 0 Å². The summed E-state index contributed by atoms with van der Waals surface area (Å²) in [6.07, 6.45) is 3.25. The van der Waals surface area contributed by atoms with Crippen molar-refractivity contribution in [1.29, 1.82) is 0 Å². The molecule has 4 rings (SSSR count). The van der Waals surface area contributed by atoms with Crippen LogP contribution in [0.1, 0.15) is 43.9 Å². The number of fused-ring (bicyclic) bond motifs is 1. The molecule has 1 aromatic heterocycles. The number of nitrogens with one attached hydrogen (secondary N) is 2. The molecule has 5 heteroatoms. The van der Waals surface area contributed by atoms with Crippen molar-refractivity contribution in [2.24, 2.45) is 0 Å². The summed E-state index contributed by atoms with van der Waals surface area (Å²) < 4.78 is 2.29. The van der Waals surface area contributed by atoms with E-state index in [1.807, 2.05) is 13.0 Å². The van der Waals surface area contributed by atoms with Crippen LogP contribution in [0.15, 0.2) is 54.6 Å². The van der Waals surface area contributed by atoms with E-state index in [1.165, 1.54) is 22.2 Å². The van der Waals surface area contributed by atoms with E-state index < -0.39 is 0 Å². The standard InChI is InChI=1S/C25H29N3O2/c1-18-20(14-17-26-23(29)12-15-25(2)16-13-24(30)27-25)21-10-6-7-11-22(21)28(18)19-8-4-3-5-9-19/h3-11H,12-17H2,1-2H3,(H,26,29)(H,27,30). The highest BCUT2D eigenvalue weighted by Gasteiger charge is 2.32. The Morgan fingerprint density at radius 3 is 2.60 bits per heavy atom. The van der Waals surface area contributed by atoms with Gasteiger partial charge in [0.15, 0.2) is 0 Å². The van der Waals surface area contributed by atoms with E-state index in [1.54, 1.807) is 0 Å². The molecule has 2 heterocycles. The minimum absolute atomic E-state index is 0.0434. The SMILES string of the molecule is Cc1c(CCNC(=O)CCC2(C)CCC(=O)N2)c2ccccc2n1-c1ccccc1. The number of carbonyl (C=O) groups is 2. The number of nitrogens with zero attached hydrogens (tertiary/aromatic N) is 1. The lowest BCUT2D eigenvalue weighted by Crippen LogP contribution is -2.39. The molecular weight excluding hydrogens is 374 g/mol. The Hall–Kier alpha value is -3.08. The molecule has 0 saturated carbocycles. The van der Waals surface area contributed by atoms with E-state index in [2.05, 4.69) is 70.7 Å². The quantitative estimate of drug-likeness (QED) is 0.625. The van der Waals surface area contributed by atoms with E-state index in [-0.39, 0.29) is 17.4 Å². The molecule has 0 spiro atoms. The van der Waals surface area contributed by atoms with Gasteiger partial charge in [0.2, 0.25) is 11.8 Å². The van der Waals surface area contributed by atoms with Crippen LogP contribution in [-0.2, 0) is 16.0 Å². The van der Waals surface area contributed by atoms with Crippen molar-refractivity contribution in [3.05, 3.63) is 65.9 Å². The van der Waals surface area contributed by atoms with Crippen LogP contribution in [0.3, 0.4) is 0 Å². The van der Waals surface area contributed by atoms with Crippen LogP contribution in [0, 0.1) is 6.92 Å². The fourth-order valence-electron chi connectivity index (χ4n) is 4.50. The molecule has 1 unspecified atom stereocenters. The van der Waals surface area contributed by atoms with Crippen molar-refractivity contribution >= 4 is 22.7 Å². The summed E-state index contributed by atoms with van der Waals surface area (Å²) in [6, 6.07) is 18.8. The Kier molecular flexibility index (Phi) is 5.62. The smallest absolute Gasteiger partial charge is 0.220 e. The number of benzene rings is 2. The van der Waals surface area contributed by atoms with Gasteiger partial charge in [0, 0.05) is 41.7 Å². The van der Waals surface area contributed by atoms with Gasteiger partial charge in [-0.2, -0.15) is 0 Å². The molecule has 2 aromatic carbocycles. The minimum Gasteiger partial charge on any atom is -0.356 e. The Labute approximate surface area is 177 Å². The number of aromatic nitrogens is 1. The number of rotatable bonds is 7. The number of amides is 2. The number of para-hydroxylation sites is 2. The molecular formula is C25H29N3O2. The molecule has 5 nitrogen and oxygen atoms in total. The second-order valence-corrected chi connectivity index (χ2v) is 8.46. The monoisotopic (exact) mass is 403 g/mol. The van der Waals surface area contributed by atoms with Gasteiger partial charge in [-0.05, 0) is 56.9 Å². The fourth-order valence-corrected chi connectivity index (χ4v) is 4.50. The second kappa shape index (κ2) is 8.34. The molecule has 1 aliphatic heterocycles. The van der Waals surface area contributed by atoms with Gasteiger partial charge in [-0.15, -0.1) is 0 Å². The van der Waals surface area contributed by atoms with Crippen molar-refractivity contribution in [2.45, 2.75) is 51.5 Å². The molecule has 3 aromatic rings. The van der Waals surface area contributed by atoms with Gasteiger partial charge in [0.25, 0.3) is 0 Å². The maximum atomic E-state index is 12.4. The van der Waals surface area contributed by atoms with Crippen LogP contribution in [-0.4, -0.2) is 28.5 Å². The van der Waals surface area contributed by atoms with Gasteiger partial charge >= 0.3 is 0 Å². The van der Waals surface area contributed by atoms with E-state index >= 15 is 0 Å². The zero-order valence-corrected chi connectivity index (χ0v) is 17.7. The molecule has 2 amide bonds. The first kappa shape index (κ1) is 20.2. The van der Waals surface area contributed by atoms with Crippen LogP contribution in [0.5, 0.6) is 0 Å². The molecule has 156 valence electrons.